The second kappa shape index (κ2) is 10.0. The second-order valence-corrected chi connectivity index (χ2v) is 8.67. The smallest absolute Gasteiger partial charge is 0.238 e. The first-order valence-corrected chi connectivity index (χ1v) is 10.9. The van der Waals surface area contributed by atoms with Gasteiger partial charge in [-0.3, -0.25) is 14.5 Å². The fourth-order valence-electron chi connectivity index (χ4n) is 3.20. The number of hydrogen-bond donors (Lipinski definition) is 2. The summed E-state index contributed by atoms with van der Waals surface area (Å²) < 4.78 is 0.983. The standard InChI is InChI=1S/C20H24BrN3O2S/c21-16-3-5-17(6-4-16)23-19(25)14-24-11-8-15(9-12-24)20(26)22-10-7-18-2-1-13-27-18/h1-6,13,15H,7-12,14H2,(H,22,26)(H,23,25). The van der Waals surface area contributed by atoms with E-state index in [-0.39, 0.29) is 17.7 Å². The molecule has 1 aromatic heterocycles. The molecule has 0 spiro atoms. The van der Waals surface area contributed by atoms with Gasteiger partial charge in [0.05, 0.1) is 6.54 Å². The average Bonchev–Trinajstić information content (AvgIpc) is 3.17. The molecule has 1 aliphatic heterocycles. The molecule has 3 rings (SSSR count). The number of carbonyl (C=O) groups excluding carboxylic acids is 2. The van der Waals surface area contributed by atoms with E-state index in [1.165, 1.54) is 4.88 Å². The van der Waals surface area contributed by atoms with E-state index in [2.05, 4.69) is 42.9 Å². The third kappa shape index (κ3) is 6.45. The highest BCUT2D eigenvalue weighted by Crippen LogP contribution is 2.18. The van der Waals surface area contributed by atoms with E-state index in [0.717, 1.165) is 42.5 Å². The first-order chi connectivity index (χ1) is 13.1. The van der Waals surface area contributed by atoms with Gasteiger partial charge in [-0.15, -0.1) is 11.3 Å². The van der Waals surface area contributed by atoms with Gasteiger partial charge in [0, 0.05) is 27.5 Å². The molecule has 0 bridgehead atoms. The van der Waals surface area contributed by atoms with Gasteiger partial charge in [-0.1, -0.05) is 22.0 Å². The van der Waals surface area contributed by atoms with E-state index in [4.69, 9.17) is 0 Å². The van der Waals surface area contributed by atoms with Crippen LogP contribution in [-0.2, 0) is 16.0 Å². The van der Waals surface area contributed by atoms with Gasteiger partial charge >= 0.3 is 0 Å². The van der Waals surface area contributed by atoms with Crippen LogP contribution >= 0.6 is 27.3 Å². The van der Waals surface area contributed by atoms with Crippen LogP contribution in [0.3, 0.4) is 0 Å². The maximum atomic E-state index is 12.3. The number of thiophene rings is 1. The van der Waals surface area contributed by atoms with Gasteiger partial charge in [0.1, 0.15) is 0 Å². The Morgan fingerprint density at radius 2 is 1.89 bits per heavy atom. The lowest BCUT2D eigenvalue weighted by atomic mass is 9.96. The number of likely N-dealkylation sites (tertiary alicyclic amines) is 1. The highest BCUT2D eigenvalue weighted by Gasteiger charge is 2.25. The van der Waals surface area contributed by atoms with Gasteiger partial charge in [0.15, 0.2) is 0 Å². The Bertz CT molecular complexity index is 741. The molecule has 0 atom stereocenters. The zero-order valence-electron chi connectivity index (χ0n) is 15.1. The molecule has 0 unspecified atom stereocenters. The van der Waals surface area contributed by atoms with E-state index in [0.29, 0.717) is 13.1 Å². The van der Waals surface area contributed by atoms with Crippen molar-refractivity contribution in [2.24, 2.45) is 5.92 Å². The first kappa shape index (κ1) is 20.0. The van der Waals surface area contributed by atoms with Crippen molar-refractivity contribution in [2.45, 2.75) is 19.3 Å². The Morgan fingerprint density at radius 3 is 2.56 bits per heavy atom. The number of halogens is 1. The van der Waals surface area contributed by atoms with Crippen molar-refractivity contribution in [1.29, 1.82) is 0 Å². The summed E-state index contributed by atoms with van der Waals surface area (Å²) in [4.78, 5) is 27.9. The highest BCUT2D eigenvalue weighted by atomic mass is 79.9. The zero-order valence-corrected chi connectivity index (χ0v) is 17.5. The molecule has 2 amide bonds. The molecule has 2 aromatic rings. The molecule has 1 aliphatic rings. The maximum Gasteiger partial charge on any atom is 0.238 e. The average molecular weight is 450 g/mol. The number of rotatable bonds is 7. The lowest BCUT2D eigenvalue weighted by Crippen LogP contribution is -2.43. The molecule has 1 aromatic carbocycles. The minimum absolute atomic E-state index is 0.0174. The predicted octanol–water partition coefficient (Wildman–Crippen LogP) is 3.52. The first-order valence-electron chi connectivity index (χ1n) is 9.18. The monoisotopic (exact) mass is 449 g/mol. The van der Waals surface area contributed by atoms with Crippen molar-refractivity contribution in [3.05, 3.63) is 51.1 Å². The Hall–Kier alpha value is -1.70. The normalized spacial score (nSPS) is 15.4. The fraction of sp³-hybridized carbons (Fsp3) is 0.400. The maximum absolute atomic E-state index is 12.3. The zero-order chi connectivity index (χ0) is 19.1. The molecule has 5 nitrogen and oxygen atoms in total. The largest absolute Gasteiger partial charge is 0.355 e. The molecule has 2 heterocycles. The number of hydrogen-bond acceptors (Lipinski definition) is 4. The van der Waals surface area contributed by atoms with E-state index in [1.807, 2.05) is 30.3 Å². The molecule has 144 valence electrons. The highest BCUT2D eigenvalue weighted by molar-refractivity contribution is 9.10. The van der Waals surface area contributed by atoms with Crippen LogP contribution in [0.4, 0.5) is 5.69 Å². The van der Waals surface area contributed by atoms with Crippen LogP contribution in [0.15, 0.2) is 46.3 Å². The lowest BCUT2D eigenvalue weighted by molar-refractivity contribution is -0.126. The summed E-state index contributed by atoms with van der Waals surface area (Å²) in [5.41, 5.74) is 0.795. The number of nitrogens with one attached hydrogen (secondary N) is 2. The Balaban J connectivity index is 1.34. The summed E-state index contributed by atoms with van der Waals surface area (Å²) >= 11 is 5.10. The fourth-order valence-corrected chi connectivity index (χ4v) is 4.17. The minimum atomic E-state index is -0.0174. The van der Waals surface area contributed by atoms with Crippen LogP contribution in [0.25, 0.3) is 0 Å². The van der Waals surface area contributed by atoms with E-state index < -0.39 is 0 Å². The summed E-state index contributed by atoms with van der Waals surface area (Å²) in [6.45, 7) is 2.60. The van der Waals surface area contributed by atoms with E-state index in [9.17, 15) is 9.59 Å². The molecule has 27 heavy (non-hydrogen) atoms. The van der Waals surface area contributed by atoms with Crippen molar-refractivity contribution in [1.82, 2.24) is 10.2 Å². The van der Waals surface area contributed by atoms with Crippen LogP contribution in [-0.4, -0.2) is 42.9 Å². The molecular weight excluding hydrogens is 426 g/mol. The van der Waals surface area contributed by atoms with Crippen molar-refractivity contribution < 1.29 is 9.59 Å². The molecule has 1 fully saturated rings. The molecule has 0 radical (unpaired) electrons. The Labute approximate surface area is 172 Å². The molecule has 0 aliphatic carbocycles. The van der Waals surface area contributed by atoms with Crippen LogP contribution in [0, 0.1) is 5.92 Å². The summed E-state index contributed by atoms with van der Waals surface area (Å²) in [6.07, 6.45) is 2.49. The van der Waals surface area contributed by atoms with Crippen molar-refractivity contribution in [3.8, 4) is 0 Å². The van der Waals surface area contributed by atoms with Crippen LogP contribution in [0.2, 0.25) is 0 Å². The van der Waals surface area contributed by atoms with Crippen LogP contribution < -0.4 is 10.6 Å². The number of carbonyl (C=O) groups is 2. The predicted molar refractivity (Wildman–Crippen MR) is 113 cm³/mol. The molecule has 0 saturated carbocycles. The van der Waals surface area contributed by atoms with E-state index >= 15 is 0 Å². The Kier molecular flexibility index (Phi) is 7.43. The van der Waals surface area contributed by atoms with Crippen LogP contribution in [0.1, 0.15) is 17.7 Å². The number of amides is 2. The molecule has 7 heteroatoms. The molecular formula is C20H24BrN3O2S. The number of anilines is 1. The van der Waals surface area contributed by atoms with Crippen LogP contribution in [0.5, 0.6) is 0 Å². The SMILES string of the molecule is O=C(CN1CCC(C(=O)NCCc2cccs2)CC1)Nc1ccc(Br)cc1. The quantitative estimate of drug-likeness (QED) is 0.679. The van der Waals surface area contributed by atoms with Gasteiger partial charge in [-0.25, -0.2) is 0 Å². The van der Waals surface area contributed by atoms with Crippen molar-refractivity contribution in [2.75, 3.05) is 31.5 Å². The van der Waals surface area contributed by atoms with Gasteiger partial charge < -0.3 is 10.6 Å². The van der Waals surface area contributed by atoms with E-state index in [1.54, 1.807) is 11.3 Å². The minimum Gasteiger partial charge on any atom is -0.355 e. The molecule has 2 N–H and O–H groups in total. The van der Waals surface area contributed by atoms with Crippen molar-refractivity contribution in [3.63, 3.8) is 0 Å². The summed E-state index contributed by atoms with van der Waals surface area (Å²) in [6, 6.07) is 11.7. The third-order valence-corrected chi connectivity index (χ3v) is 6.17. The number of benzene rings is 1. The van der Waals surface area contributed by atoms with Gasteiger partial charge in [0.25, 0.3) is 0 Å². The topological polar surface area (TPSA) is 61.4 Å². The number of nitrogens with zero attached hydrogens (tertiary/aromatic N) is 1. The summed E-state index contributed by atoms with van der Waals surface area (Å²) in [5.74, 6) is 0.181. The summed E-state index contributed by atoms with van der Waals surface area (Å²) in [7, 11) is 0. The second-order valence-electron chi connectivity index (χ2n) is 6.73. The van der Waals surface area contributed by atoms with Gasteiger partial charge in [-0.05, 0) is 68.1 Å². The Morgan fingerprint density at radius 1 is 1.15 bits per heavy atom. The van der Waals surface area contributed by atoms with Crippen molar-refractivity contribution >= 4 is 44.8 Å². The van der Waals surface area contributed by atoms with Gasteiger partial charge in [0.2, 0.25) is 11.8 Å². The summed E-state index contributed by atoms with van der Waals surface area (Å²) in [5, 5.41) is 8.02. The molecule has 1 saturated heterocycles. The number of piperidine rings is 1. The van der Waals surface area contributed by atoms with Gasteiger partial charge in [-0.2, -0.15) is 0 Å². The third-order valence-electron chi connectivity index (χ3n) is 4.70. The lowest BCUT2D eigenvalue weighted by Gasteiger charge is -2.30.